The minimum absolute atomic E-state index is 0.0146. The number of rotatable bonds is 4. The van der Waals surface area contributed by atoms with Gasteiger partial charge in [-0.15, -0.1) is 0 Å². The van der Waals surface area contributed by atoms with E-state index in [9.17, 15) is 14.9 Å². The van der Waals surface area contributed by atoms with Crippen molar-refractivity contribution in [3.05, 3.63) is 32.3 Å². The second-order valence-electron chi connectivity index (χ2n) is 4.63. The van der Waals surface area contributed by atoms with E-state index in [1.54, 1.807) is 13.0 Å². The molecule has 3 N–H and O–H groups in total. The number of nitrogens with one attached hydrogen (secondary N) is 1. The first kappa shape index (κ1) is 15.6. The molecule has 1 rings (SSSR count). The Morgan fingerprint density at radius 2 is 2.05 bits per heavy atom. The van der Waals surface area contributed by atoms with Crippen molar-refractivity contribution < 1.29 is 9.72 Å². The van der Waals surface area contributed by atoms with Crippen LogP contribution in [-0.4, -0.2) is 16.9 Å². The van der Waals surface area contributed by atoms with Crippen LogP contribution in [0.4, 0.5) is 11.4 Å². The number of halogens is 1. The van der Waals surface area contributed by atoms with Gasteiger partial charge < -0.3 is 11.1 Å². The fraction of sp³-hybridized carbons (Fsp3) is 0.417. The Hall–Kier alpha value is -1.47. The van der Waals surface area contributed by atoms with E-state index in [0.717, 1.165) is 0 Å². The summed E-state index contributed by atoms with van der Waals surface area (Å²) < 4.78 is 0.583. The zero-order valence-corrected chi connectivity index (χ0v) is 12.5. The number of nitro groups is 1. The molecule has 7 heteroatoms. The Kier molecular flexibility index (Phi) is 5.02. The molecule has 1 aromatic rings. The summed E-state index contributed by atoms with van der Waals surface area (Å²) in [6.07, 6.45) is 0. The highest BCUT2D eigenvalue weighted by atomic mass is 79.9. The Bertz CT molecular complexity index is 517. The first-order valence-corrected chi connectivity index (χ1v) is 6.54. The van der Waals surface area contributed by atoms with Crippen LogP contribution < -0.4 is 11.1 Å². The fourth-order valence-electron chi connectivity index (χ4n) is 1.47. The van der Waals surface area contributed by atoms with Gasteiger partial charge in [0.15, 0.2) is 0 Å². The van der Waals surface area contributed by atoms with Crippen molar-refractivity contribution in [3.63, 3.8) is 0 Å². The zero-order chi connectivity index (χ0) is 14.7. The van der Waals surface area contributed by atoms with Crippen molar-refractivity contribution in [3.8, 4) is 0 Å². The fourth-order valence-corrected chi connectivity index (χ4v) is 2.03. The number of hydrogen-bond donors (Lipinski definition) is 2. The second-order valence-corrected chi connectivity index (χ2v) is 5.49. The molecule has 1 aromatic carbocycles. The third kappa shape index (κ3) is 3.74. The molecule has 0 saturated heterocycles. The van der Waals surface area contributed by atoms with Gasteiger partial charge in [-0.1, -0.05) is 13.8 Å². The highest BCUT2D eigenvalue weighted by Gasteiger charge is 2.20. The van der Waals surface area contributed by atoms with Crippen LogP contribution in [0.2, 0.25) is 0 Å². The standard InChI is InChI=1S/C12H16BrN3O3/c1-6(2)11(14)12(17)15-9-5-10(16(18)19)7(3)4-8(9)13/h4-6,11H,14H2,1-3H3,(H,15,17)/t11-/m1/s1. The Morgan fingerprint density at radius 1 is 1.47 bits per heavy atom. The number of carbonyl (C=O) groups excluding carboxylic acids is 1. The van der Waals surface area contributed by atoms with Gasteiger partial charge in [-0.05, 0) is 34.8 Å². The van der Waals surface area contributed by atoms with Crippen molar-refractivity contribution in [1.82, 2.24) is 0 Å². The lowest BCUT2D eigenvalue weighted by Gasteiger charge is -2.16. The number of anilines is 1. The molecule has 0 aromatic heterocycles. The lowest BCUT2D eigenvalue weighted by atomic mass is 10.0. The SMILES string of the molecule is Cc1cc(Br)c(NC(=O)[C@H](N)C(C)C)cc1[N+](=O)[O-]. The van der Waals surface area contributed by atoms with Crippen molar-refractivity contribution in [2.45, 2.75) is 26.8 Å². The van der Waals surface area contributed by atoms with Crippen LogP contribution in [0.25, 0.3) is 0 Å². The summed E-state index contributed by atoms with van der Waals surface area (Å²) in [5, 5.41) is 13.5. The summed E-state index contributed by atoms with van der Waals surface area (Å²) in [6, 6.07) is 2.26. The van der Waals surface area contributed by atoms with Crippen LogP contribution in [-0.2, 0) is 4.79 Å². The van der Waals surface area contributed by atoms with Gasteiger partial charge in [-0.3, -0.25) is 14.9 Å². The number of nitro benzene ring substituents is 1. The predicted molar refractivity (Wildman–Crippen MR) is 77.0 cm³/mol. The summed E-state index contributed by atoms with van der Waals surface area (Å²) in [7, 11) is 0. The molecular weight excluding hydrogens is 314 g/mol. The average molecular weight is 330 g/mol. The third-order valence-corrected chi connectivity index (χ3v) is 3.42. The Morgan fingerprint density at radius 3 is 2.53 bits per heavy atom. The van der Waals surface area contributed by atoms with E-state index in [1.807, 2.05) is 13.8 Å². The topological polar surface area (TPSA) is 98.3 Å². The van der Waals surface area contributed by atoms with E-state index in [1.165, 1.54) is 6.07 Å². The largest absolute Gasteiger partial charge is 0.323 e. The van der Waals surface area contributed by atoms with Gasteiger partial charge in [0, 0.05) is 16.1 Å². The molecule has 0 spiro atoms. The van der Waals surface area contributed by atoms with Gasteiger partial charge in [0.05, 0.1) is 16.7 Å². The molecule has 19 heavy (non-hydrogen) atoms. The number of hydrogen-bond acceptors (Lipinski definition) is 4. The van der Waals surface area contributed by atoms with E-state index in [2.05, 4.69) is 21.2 Å². The summed E-state index contributed by atoms with van der Waals surface area (Å²) >= 11 is 3.27. The van der Waals surface area contributed by atoms with Crippen LogP contribution in [0, 0.1) is 23.0 Å². The molecule has 6 nitrogen and oxygen atoms in total. The lowest BCUT2D eigenvalue weighted by molar-refractivity contribution is -0.385. The molecule has 1 atom stereocenters. The van der Waals surface area contributed by atoms with E-state index in [0.29, 0.717) is 15.7 Å². The first-order valence-electron chi connectivity index (χ1n) is 5.75. The van der Waals surface area contributed by atoms with Crippen molar-refractivity contribution in [2.24, 2.45) is 11.7 Å². The number of aryl methyl sites for hydroxylation is 1. The number of carbonyl (C=O) groups is 1. The minimum Gasteiger partial charge on any atom is -0.323 e. The number of nitrogens with zero attached hydrogens (tertiary/aromatic N) is 1. The lowest BCUT2D eigenvalue weighted by Crippen LogP contribution is -2.39. The second kappa shape index (κ2) is 6.12. The molecular formula is C12H16BrN3O3. The molecule has 104 valence electrons. The molecule has 0 bridgehead atoms. The van der Waals surface area contributed by atoms with Crippen LogP contribution >= 0.6 is 15.9 Å². The van der Waals surface area contributed by atoms with Gasteiger partial charge in [0.2, 0.25) is 5.91 Å². The van der Waals surface area contributed by atoms with E-state index in [-0.39, 0.29) is 17.5 Å². The number of benzene rings is 1. The quantitative estimate of drug-likeness (QED) is 0.655. The van der Waals surface area contributed by atoms with Crippen molar-refractivity contribution >= 4 is 33.2 Å². The van der Waals surface area contributed by atoms with Gasteiger partial charge in [-0.25, -0.2) is 0 Å². The third-order valence-electron chi connectivity index (χ3n) is 2.76. The smallest absolute Gasteiger partial charge is 0.274 e. The maximum atomic E-state index is 11.8. The monoisotopic (exact) mass is 329 g/mol. The predicted octanol–water partition coefficient (Wildman–Crippen LogP) is 2.59. The first-order chi connectivity index (χ1) is 8.73. The van der Waals surface area contributed by atoms with Gasteiger partial charge in [0.1, 0.15) is 0 Å². The summed E-state index contributed by atoms with van der Waals surface area (Å²) in [5.41, 5.74) is 6.54. The van der Waals surface area contributed by atoms with E-state index >= 15 is 0 Å². The summed E-state index contributed by atoms with van der Waals surface area (Å²) in [6.45, 7) is 5.29. The molecule has 1 amide bonds. The summed E-state index contributed by atoms with van der Waals surface area (Å²) in [5.74, 6) is -0.381. The van der Waals surface area contributed by atoms with Crippen LogP contribution in [0.15, 0.2) is 16.6 Å². The molecule has 0 unspecified atom stereocenters. The average Bonchev–Trinajstić information content (AvgIpc) is 2.30. The molecule has 0 radical (unpaired) electrons. The molecule has 0 heterocycles. The van der Waals surface area contributed by atoms with E-state index in [4.69, 9.17) is 5.73 Å². The highest BCUT2D eigenvalue weighted by Crippen LogP contribution is 2.30. The molecule has 0 saturated carbocycles. The Labute approximate surface area is 119 Å². The highest BCUT2D eigenvalue weighted by molar-refractivity contribution is 9.10. The van der Waals surface area contributed by atoms with Crippen LogP contribution in [0.5, 0.6) is 0 Å². The zero-order valence-electron chi connectivity index (χ0n) is 10.9. The van der Waals surface area contributed by atoms with Crippen molar-refractivity contribution in [2.75, 3.05) is 5.32 Å². The maximum Gasteiger partial charge on any atom is 0.274 e. The molecule has 0 aliphatic heterocycles. The number of nitrogens with two attached hydrogens (primary N) is 1. The van der Waals surface area contributed by atoms with Crippen LogP contribution in [0.3, 0.4) is 0 Å². The van der Waals surface area contributed by atoms with Gasteiger partial charge in [-0.2, -0.15) is 0 Å². The minimum atomic E-state index is -0.660. The molecule has 0 aliphatic rings. The van der Waals surface area contributed by atoms with Gasteiger partial charge in [0.25, 0.3) is 5.69 Å². The summed E-state index contributed by atoms with van der Waals surface area (Å²) in [4.78, 5) is 22.2. The molecule has 0 fully saturated rings. The molecule has 0 aliphatic carbocycles. The van der Waals surface area contributed by atoms with Crippen molar-refractivity contribution in [1.29, 1.82) is 0 Å². The van der Waals surface area contributed by atoms with E-state index < -0.39 is 11.0 Å². The number of amides is 1. The Balaban J connectivity index is 3.05. The van der Waals surface area contributed by atoms with Gasteiger partial charge >= 0.3 is 0 Å². The van der Waals surface area contributed by atoms with Crippen LogP contribution in [0.1, 0.15) is 19.4 Å². The maximum absolute atomic E-state index is 11.8. The normalized spacial score (nSPS) is 12.3.